The lowest BCUT2D eigenvalue weighted by molar-refractivity contribution is 0.0926. The number of hydrogen-bond donors (Lipinski definition) is 1. The maximum atomic E-state index is 13.4. The molecular weight excluding hydrogens is 393 g/mol. The second kappa shape index (κ2) is 8.57. The number of benzene rings is 1. The number of aromatic nitrogens is 2. The summed E-state index contributed by atoms with van der Waals surface area (Å²) in [5.74, 6) is 0.859. The smallest absolute Gasteiger partial charge is 0.287 e. The van der Waals surface area contributed by atoms with Crippen LogP contribution >= 0.6 is 11.3 Å². The van der Waals surface area contributed by atoms with Gasteiger partial charge in [0.05, 0.1) is 4.88 Å². The van der Waals surface area contributed by atoms with Gasteiger partial charge in [-0.15, -0.1) is 11.3 Å². The molecule has 3 heterocycles. The van der Waals surface area contributed by atoms with Gasteiger partial charge in [-0.05, 0) is 49.4 Å². The zero-order valence-corrected chi connectivity index (χ0v) is 16.7. The van der Waals surface area contributed by atoms with Crippen molar-refractivity contribution in [3.05, 3.63) is 58.7 Å². The van der Waals surface area contributed by atoms with Gasteiger partial charge >= 0.3 is 0 Å². The molecule has 0 aliphatic carbocycles. The number of amides is 1. The van der Waals surface area contributed by atoms with E-state index in [1.165, 1.54) is 18.2 Å². The van der Waals surface area contributed by atoms with Gasteiger partial charge in [0.25, 0.3) is 5.91 Å². The molecule has 0 unspecified atom stereocenters. The van der Waals surface area contributed by atoms with E-state index in [1.54, 1.807) is 18.3 Å². The lowest BCUT2D eigenvalue weighted by Gasteiger charge is -2.03. The van der Waals surface area contributed by atoms with Crippen LogP contribution < -0.4 is 5.32 Å². The highest BCUT2D eigenvalue weighted by Gasteiger charge is 2.17. The average molecular weight is 413 g/mol. The molecule has 8 heteroatoms. The minimum atomic E-state index is -0.350. The molecule has 0 aliphatic rings. The first-order valence-corrected chi connectivity index (χ1v) is 10.3. The van der Waals surface area contributed by atoms with E-state index in [2.05, 4.69) is 15.5 Å². The van der Waals surface area contributed by atoms with Crippen molar-refractivity contribution in [3.63, 3.8) is 0 Å². The predicted molar refractivity (Wildman–Crippen MR) is 108 cm³/mol. The SMILES string of the molecule is Cc1c(C(=O)NCCCCCc2nc(-c3cccs3)no2)oc2ccc(F)cc12. The average Bonchev–Trinajstić information content (AvgIpc) is 3.45. The fourth-order valence-electron chi connectivity index (χ4n) is 3.13. The maximum Gasteiger partial charge on any atom is 0.287 e. The maximum absolute atomic E-state index is 13.4. The van der Waals surface area contributed by atoms with Gasteiger partial charge in [0.15, 0.2) is 5.76 Å². The number of hydrogen-bond acceptors (Lipinski definition) is 6. The van der Waals surface area contributed by atoms with Gasteiger partial charge in [0.2, 0.25) is 11.7 Å². The van der Waals surface area contributed by atoms with Crippen molar-refractivity contribution in [2.45, 2.75) is 32.6 Å². The summed E-state index contributed by atoms with van der Waals surface area (Å²) in [5, 5.41) is 9.45. The van der Waals surface area contributed by atoms with E-state index in [9.17, 15) is 9.18 Å². The molecule has 1 aromatic carbocycles. The van der Waals surface area contributed by atoms with Crippen LogP contribution in [-0.2, 0) is 6.42 Å². The van der Waals surface area contributed by atoms with E-state index in [4.69, 9.17) is 8.94 Å². The van der Waals surface area contributed by atoms with Crippen LogP contribution in [-0.4, -0.2) is 22.6 Å². The molecule has 150 valence electrons. The first-order valence-electron chi connectivity index (χ1n) is 9.45. The quantitative estimate of drug-likeness (QED) is 0.405. The first kappa shape index (κ1) is 19.3. The predicted octanol–water partition coefficient (Wildman–Crippen LogP) is 5.13. The Kier molecular flexibility index (Phi) is 5.71. The Morgan fingerprint density at radius 1 is 1.24 bits per heavy atom. The third-order valence-corrected chi connectivity index (χ3v) is 5.53. The molecular formula is C21H20FN3O3S. The van der Waals surface area contributed by atoms with E-state index < -0.39 is 0 Å². The third-order valence-electron chi connectivity index (χ3n) is 4.67. The molecule has 0 saturated heterocycles. The van der Waals surface area contributed by atoms with Gasteiger partial charge in [0.1, 0.15) is 11.4 Å². The standard InChI is InChI=1S/C21H20FN3O3S/c1-13-15-12-14(22)8-9-16(15)27-19(13)21(26)23-10-4-2-3-7-18-24-20(25-28-18)17-6-5-11-29-17/h5-6,8-9,11-12H,2-4,7,10H2,1H3,(H,23,26). The molecule has 0 radical (unpaired) electrons. The number of carbonyl (C=O) groups is 1. The number of furan rings is 1. The fourth-order valence-corrected chi connectivity index (χ4v) is 3.78. The van der Waals surface area contributed by atoms with E-state index in [-0.39, 0.29) is 17.5 Å². The monoisotopic (exact) mass is 413 g/mol. The Morgan fingerprint density at radius 3 is 2.97 bits per heavy atom. The Labute approximate surface area is 170 Å². The van der Waals surface area contributed by atoms with Crippen LogP contribution in [0.3, 0.4) is 0 Å². The van der Waals surface area contributed by atoms with Crippen molar-refractivity contribution in [2.75, 3.05) is 6.54 Å². The van der Waals surface area contributed by atoms with Crippen LogP contribution in [0.5, 0.6) is 0 Å². The van der Waals surface area contributed by atoms with Gasteiger partial charge in [-0.2, -0.15) is 4.98 Å². The molecule has 6 nitrogen and oxygen atoms in total. The highest BCUT2D eigenvalue weighted by molar-refractivity contribution is 7.13. The number of carbonyl (C=O) groups excluding carboxylic acids is 1. The summed E-state index contributed by atoms with van der Waals surface area (Å²) >= 11 is 1.58. The first-order chi connectivity index (χ1) is 14.1. The highest BCUT2D eigenvalue weighted by atomic mass is 32.1. The summed E-state index contributed by atoms with van der Waals surface area (Å²) in [6, 6.07) is 8.15. The van der Waals surface area contributed by atoms with E-state index in [1.807, 2.05) is 17.5 Å². The number of fused-ring (bicyclic) bond motifs is 1. The second-order valence-electron chi connectivity index (χ2n) is 6.75. The van der Waals surface area contributed by atoms with Gasteiger partial charge in [-0.3, -0.25) is 4.79 Å². The molecule has 1 amide bonds. The van der Waals surface area contributed by atoms with Crippen molar-refractivity contribution in [1.82, 2.24) is 15.5 Å². The molecule has 4 aromatic rings. The van der Waals surface area contributed by atoms with Gasteiger partial charge in [0, 0.05) is 23.9 Å². The van der Waals surface area contributed by atoms with Crippen molar-refractivity contribution < 1.29 is 18.1 Å². The van der Waals surface area contributed by atoms with Crippen molar-refractivity contribution >= 4 is 28.2 Å². The molecule has 0 fully saturated rings. The molecule has 4 rings (SSSR count). The van der Waals surface area contributed by atoms with Crippen LogP contribution in [0.25, 0.3) is 21.7 Å². The van der Waals surface area contributed by atoms with Gasteiger partial charge < -0.3 is 14.3 Å². The van der Waals surface area contributed by atoms with Crippen LogP contribution in [0.15, 0.2) is 44.7 Å². The van der Waals surface area contributed by atoms with E-state index in [0.29, 0.717) is 41.2 Å². The number of rotatable bonds is 8. The zero-order valence-electron chi connectivity index (χ0n) is 15.9. The van der Waals surface area contributed by atoms with Crippen molar-refractivity contribution in [2.24, 2.45) is 0 Å². The summed E-state index contributed by atoms with van der Waals surface area (Å²) < 4.78 is 24.2. The number of thiophene rings is 1. The number of nitrogens with zero attached hydrogens (tertiary/aromatic N) is 2. The molecule has 0 aliphatic heterocycles. The summed E-state index contributed by atoms with van der Waals surface area (Å²) in [7, 11) is 0. The minimum absolute atomic E-state index is 0.234. The topological polar surface area (TPSA) is 81.2 Å². The summed E-state index contributed by atoms with van der Waals surface area (Å²) in [6.07, 6.45) is 3.35. The molecule has 3 aromatic heterocycles. The van der Waals surface area contributed by atoms with Crippen molar-refractivity contribution in [1.29, 1.82) is 0 Å². The second-order valence-corrected chi connectivity index (χ2v) is 7.70. The van der Waals surface area contributed by atoms with Crippen LogP contribution in [0.2, 0.25) is 0 Å². The molecule has 0 atom stereocenters. The number of unbranched alkanes of at least 4 members (excludes halogenated alkanes) is 2. The number of halogens is 1. The van der Waals surface area contributed by atoms with E-state index >= 15 is 0 Å². The van der Waals surface area contributed by atoms with Crippen LogP contribution in [0, 0.1) is 12.7 Å². The molecule has 29 heavy (non-hydrogen) atoms. The zero-order chi connectivity index (χ0) is 20.2. The van der Waals surface area contributed by atoms with Crippen LogP contribution in [0.1, 0.15) is 41.3 Å². The summed E-state index contributed by atoms with van der Waals surface area (Å²) in [4.78, 5) is 17.7. The van der Waals surface area contributed by atoms with Crippen LogP contribution in [0.4, 0.5) is 4.39 Å². The Bertz CT molecular complexity index is 1120. The Morgan fingerprint density at radius 2 is 2.14 bits per heavy atom. The molecule has 0 bridgehead atoms. The van der Waals surface area contributed by atoms with E-state index in [0.717, 1.165) is 24.1 Å². The minimum Gasteiger partial charge on any atom is -0.451 e. The third kappa shape index (κ3) is 4.37. The summed E-state index contributed by atoms with van der Waals surface area (Å²) in [6.45, 7) is 2.29. The van der Waals surface area contributed by atoms with Gasteiger partial charge in [-0.25, -0.2) is 4.39 Å². The molecule has 0 saturated carbocycles. The van der Waals surface area contributed by atoms with Gasteiger partial charge in [-0.1, -0.05) is 17.6 Å². The summed E-state index contributed by atoms with van der Waals surface area (Å²) in [5.41, 5.74) is 1.16. The van der Waals surface area contributed by atoms with Crippen molar-refractivity contribution in [3.8, 4) is 10.7 Å². The fraction of sp³-hybridized carbons (Fsp3) is 0.286. The Balaban J connectivity index is 1.21. The largest absolute Gasteiger partial charge is 0.451 e. The number of nitrogens with one attached hydrogen (secondary N) is 1. The normalized spacial score (nSPS) is 11.2. The Hall–Kier alpha value is -3.00. The lowest BCUT2D eigenvalue weighted by atomic mass is 10.1. The number of aryl methyl sites for hydroxylation is 2. The molecule has 1 N–H and O–H groups in total. The highest BCUT2D eigenvalue weighted by Crippen LogP contribution is 2.26. The molecule has 0 spiro atoms. The lowest BCUT2D eigenvalue weighted by Crippen LogP contribution is -2.24.